The van der Waals surface area contributed by atoms with Crippen LogP contribution in [0.15, 0.2) is 47.4 Å². The van der Waals surface area contributed by atoms with Crippen molar-refractivity contribution >= 4 is 33.5 Å². The number of morpholine rings is 1. The first-order valence-electron chi connectivity index (χ1n) is 9.33. The number of sulfonamides is 1. The third-order valence-electron chi connectivity index (χ3n) is 4.50. The van der Waals surface area contributed by atoms with Crippen LogP contribution in [0.2, 0.25) is 5.02 Å². The highest BCUT2D eigenvalue weighted by molar-refractivity contribution is 7.89. The van der Waals surface area contributed by atoms with Crippen molar-refractivity contribution in [3.8, 4) is 0 Å². The number of nitrogens with one attached hydrogen (secondary N) is 1. The van der Waals surface area contributed by atoms with E-state index in [9.17, 15) is 22.4 Å². The van der Waals surface area contributed by atoms with Crippen LogP contribution in [0.25, 0.3) is 0 Å². The molecular weight excluding hydrogens is 451 g/mol. The minimum atomic E-state index is -3.83. The molecule has 31 heavy (non-hydrogen) atoms. The Labute approximate surface area is 183 Å². The van der Waals surface area contributed by atoms with Gasteiger partial charge in [0, 0.05) is 19.6 Å². The van der Waals surface area contributed by atoms with Crippen LogP contribution in [0.1, 0.15) is 15.9 Å². The third kappa shape index (κ3) is 6.01. The first-order chi connectivity index (χ1) is 14.8. The van der Waals surface area contributed by atoms with Gasteiger partial charge in [0.15, 0.2) is 6.61 Å². The Kier molecular flexibility index (Phi) is 7.60. The predicted octanol–water partition coefficient (Wildman–Crippen LogP) is 1.97. The number of nitrogens with zero attached hydrogens (tertiary/aromatic N) is 1. The number of benzene rings is 2. The number of carbonyl (C=O) groups excluding carboxylic acids is 2. The summed E-state index contributed by atoms with van der Waals surface area (Å²) in [6.07, 6.45) is 0. The molecule has 2 aromatic rings. The van der Waals surface area contributed by atoms with Gasteiger partial charge in [0.2, 0.25) is 10.0 Å². The highest BCUT2D eigenvalue weighted by atomic mass is 35.5. The summed E-state index contributed by atoms with van der Waals surface area (Å²) in [5.74, 6) is -1.90. The molecule has 3 rings (SSSR count). The summed E-state index contributed by atoms with van der Waals surface area (Å²) in [6, 6.07) is 9.29. The van der Waals surface area contributed by atoms with E-state index in [0.29, 0.717) is 5.56 Å². The van der Waals surface area contributed by atoms with Crippen molar-refractivity contribution in [2.24, 2.45) is 0 Å². The first-order valence-corrected chi connectivity index (χ1v) is 11.1. The molecule has 0 aromatic heterocycles. The second kappa shape index (κ2) is 10.2. The summed E-state index contributed by atoms with van der Waals surface area (Å²) in [4.78, 5) is 24.2. The molecule has 0 atom stereocenters. The van der Waals surface area contributed by atoms with Crippen LogP contribution in [0, 0.1) is 5.82 Å². The van der Waals surface area contributed by atoms with Crippen molar-refractivity contribution in [3.63, 3.8) is 0 Å². The average molecular weight is 471 g/mol. The van der Waals surface area contributed by atoms with Crippen LogP contribution in [0.5, 0.6) is 0 Å². The van der Waals surface area contributed by atoms with Crippen molar-refractivity contribution < 1.29 is 31.9 Å². The molecule has 0 spiro atoms. The molecule has 1 saturated heterocycles. The normalized spacial score (nSPS) is 14.8. The zero-order valence-corrected chi connectivity index (χ0v) is 17.9. The number of halogens is 2. The number of hydrogen-bond donors (Lipinski definition) is 1. The molecule has 0 saturated carbocycles. The van der Waals surface area contributed by atoms with E-state index in [0.717, 1.165) is 6.07 Å². The smallest absolute Gasteiger partial charge is 0.340 e. The van der Waals surface area contributed by atoms with Gasteiger partial charge in [-0.2, -0.15) is 4.31 Å². The van der Waals surface area contributed by atoms with Gasteiger partial charge in [0.25, 0.3) is 5.91 Å². The number of rotatable bonds is 7. The van der Waals surface area contributed by atoms with Gasteiger partial charge in [-0.15, -0.1) is 0 Å². The Hall–Kier alpha value is -2.53. The average Bonchev–Trinajstić information content (AvgIpc) is 2.78. The van der Waals surface area contributed by atoms with E-state index in [4.69, 9.17) is 21.1 Å². The highest BCUT2D eigenvalue weighted by Gasteiger charge is 2.28. The van der Waals surface area contributed by atoms with Gasteiger partial charge in [0.05, 0.1) is 28.7 Å². The molecule has 2 aromatic carbocycles. The van der Waals surface area contributed by atoms with Gasteiger partial charge in [-0.3, -0.25) is 4.79 Å². The van der Waals surface area contributed by atoms with Crippen LogP contribution in [-0.4, -0.2) is 57.5 Å². The Morgan fingerprint density at radius 2 is 1.81 bits per heavy atom. The molecule has 166 valence electrons. The molecule has 1 amide bonds. The van der Waals surface area contributed by atoms with Crippen molar-refractivity contribution in [3.05, 3.63) is 64.4 Å². The number of ether oxygens (including phenoxy) is 2. The zero-order chi connectivity index (χ0) is 22.4. The van der Waals surface area contributed by atoms with Crippen molar-refractivity contribution in [1.82, 2.24) is 9.62 Å². The first kappa shape index (κ1) is 23.1. The predicted molar refractivity (Wildman–Crippen MR) is 110 cm³/mol. The second-order valence-corrected chi connectivity index (χ2v) is 8.98. The Morgan fingerprint density at radius 3 is 2.48 bits per heavy atom. The quantitative estimate of drug-likeness (QED) is 0.621. The summed E-state index contributed by atoms with van der Waals surface area (Å²) < 4.78 is 49.8. The molecule has 8 nitrogen and oxygen atoms in total. The van der Waals surface area contributed by atoms with Gasteiger partial charge < -0.3 is 14.8 Å². The summed E-state index contributed by atoms with van der Waals surface area (Å²) >= 11 is 6.04. The number of carbonyl (C=O) groups is 2. The molecule has 1 fully saturated rings. The summed E-state index contributed by atoms with van der Waals surface area (Å²) in [5.41, 5.74) is 0.507. The minimum Gasteiger partial charge on any atom is -0.452 e. The Morgan fingerprint density at radius 1 is 1.13 bits per heavy atom. The van der Waals surface area contributed by atoms with E-state index in [2.05, 4.69) is 5.32 Å². The van der Waals surface area contributed by atoms with Crippen LogP contribution in [-0.2, 0) is 30.8 Å². The molecule has 0 aliphatic carbocycles. The Balaban J connectivity index is 1.61. The van der Waals surface area contributed by atoms with E-state index in [1.165, 1.54) is 40.7 Å². The van der Waals surface area contributed by atoms with Crippen LogP contribution in [0.3, 0.4) is 0 Å². The van der Waals surface area contributed by atoms with E-state index in [-0.39, 0.29) is 48.3 Å². The lowest BCUT2D eigenvalue weighted by molar-refractivity contribution is -0.124. The van der Waals surface area contributed by atoms with Crippen molar-refractivity contribution in [2.45, 2.75) is 11.4 Å². The molecule has 0 bridgehead atoms. The third-order valence-corrected chi connectivity index (χ3v) is 6.73. The summed E-state index contributed by atoms with van der Waals surface area (Å²) in [5, 5.41) is 2.53. The van der Waals surface area contributed by atoms with Gasteiger partial charge in [-0.1, -0.05) is 23.7 Å². The fourth-order valence-electron chi connectivity index (χ4n) is 2.82. The maximum atomic E-state index is 12.9. The van der Waals surface area contributed by atoms with Gasteiger partial charge in [0.1, 0.15) is 5.82 Å². The lowest BCUT2D eigenvalue weighted by Gasteiger charge is -2.26. The summed E-state index contributed by atoms with van der Waals surface area (Å²) in [7, 11) is -3.83. The largest absolute Gasteiger partial charge is 0.452 e. The van der Waals surface area contributed by atoms with E-state index in [1.807, 2.05) is 0 Å². The second-order valence-electron chi connectivity index (χ2n) is 6.64. The van der Waals surface area contributed by atoms with Crippen LogP contribution < -0.4 is 5.32 Å². The fraction of sp³-hybridized carbons (Fsp3) is 0.300. The Bertz CT molecular complexity index is 1060. The zero-order valence-electron chi connectivity index (χ0n) is 16.3. The molecule has 11 heteroatoms. The van der Waals surface area contributed by atoms with Gasteiger partial charge >= 0.3 is 5.97 Å². The van der Waals surface area contributed by atoms with Crippen molar-refractivity contribution in [2.75, 3.05) is 32.9 Å². The molecular formula is C20H20ClFN2O6S. The van der Waals surface area contributed by atoms with Crippen LogP contribution >= 0.6 is 11.6 Å². The topological polar surface area (TPSA) is 102 Å². The molecule has 1 aliphatic heterocycles. The van der Waals surface area contributed by atoms with Crippen molar-refractivity contribution in [1.29, 1.82) is 0 Å². The number of amides is 1. The van der Waals surface area contributed by atoms with E-state index < -0.39 is 34.3 Å². The lowest BCUT2D eigenvalue weighted by atomic mass is 10.2. The molecule has 0 unspecified atom stereocenters. The van der Waals surface area contributed by atoms with Crippen LogP contribution in [0.4, 0.5) is 4.39 Å². The minimum absolute atomic E-state index is 0.00218. The van der Waals surface area contributed by atoms with E-state index >= 15 is 0 Å². The summed E-state index contributed by atoms with van der Waals surface area (Å²) in [6.45, 7) is 0.531. The van der Waals surface area contributed by atoms with E-state index in [1.54, 1.807) is 0 Å². The van der Waals surface area contributed by atoms with Gasteiger partial charge in [-0.05, 0) is 35.9 Å². The lowest BCUT2D eigenvalue weighted by Crippen LogP contribution is -2.40. The number of esters is 1. The number of hydrogen-bond acceptors (Lipinski definition) is 6. The highest BCUT2D eigenvalue weighted by Crippen LogP contribution is 2.24. The maximum Gasteiger partial charge on any atom is 0.340 e. The van der Waals surface area contributed by atoms with Gasteiger partial charge in [-0.25, -0.2) is 17.6 Å². The standard InChI is InChI=1S/C20H20ClFN2O6S/c21-18-6-5-16(31(27,28)24-7-9-29-10-8-24)11-17(18)20(26)30-13-19(25)23-12-14-1-3-15(22)4-2-14/h1-6,11H,7-10,12-13H2,(H,23,25). The monoisotopic (exact) mass is 470 g/mol. The SMILES string of the molecule is O=C(COC(=O)c1cc(S(=O)(=O)N2CCOCC2)ccc1Cl)NCc1ccc(F)cc1. The fourth-order valence-corrected chi connectivity index (χ4v) is 4.45. The maximum absolute atomic E-state index is 12.9. The molecule has 1 heterocycles. The molecule has 1 N–H and O–H groups in total. The molecule has 0 radical (unpaired) electrons. The molecule has 1 aliphatic rings.